The molecule has 0 unspecified atom stereocenters. The van der Waals surface area contributed by atoms with Crippen molar-refractivity contribution in [1.82, 2.24) is 0 Å². The third-order valence-corrected chi connectivity index (χ3v) is 13.3. The minimum Gasteiger partial charge on any atom is -0.494 e. The lowest BCUT2D eigenvalue weighted by Gasteiger charge is -2.43. The number of nitriles is 3. The molecule has 1 N–H and O–H groups in total. The average Bonchev–Trinajstić information content (AvgIpc) is 3.56. The molecule has 1 fully saturated rings. The van der Waals surface area contributed by atoms with E-state index in [9.17, 15) is 19.5 Å². The fourth-order valence-corrected chi connectivity index (χ4v) is 8.91. The summed E-state index contributed by atoms with van der Waals surface area (Å²) in [6.07, 6.45) is -1.09. The summed E-state index contributed by atoms with van der Waals surface area (Å²) in [6, 6.07) is 51.5. The maximum Gasteiger partial charge on any atom is 0.306 e. The first-order valence-electron chi connectivity index (χ1n) is 26.7. The van der Waals surface area contributed by atoms with Crippen LogP contribution in [0.5, 0.6) is 17.2 Å². The third-order valence-electron chi connectivity index (χ3n) is 13.3. The van der Waals surface area contributed by atoms with Gasteiger partial charge < -0.3 is 43.0 Å². The molecule has 15 heteroatoms. The smallest absolute Gasteiger partial charge is 0.306 e. The molecular weight excluding hydrogens is 1000 g/mol. The minimum atomic E-state index is -1.36. The van der Waals surface area contributed by atoms with Crippen molar-refractivity contribution in [3.63, 3.8) is 0 Å². The van der Waals surface area contributed by atoms with Crippen LogP contribution < -0.4 is 14.2 Å². The number of esters is 3. The lowest BCUT2D eigenvalue weighted by Crippen LogP contribution is -2.62. The van der Waals surface area contributed by atoms with Crippen molar-refractivity contribution >= 4 is 17.9 Å². The number of hydrogen-bond donors (Lipinski definition) is 1. The molecule has 408 valence electrons. The molecule has 6 aromatic rings. The third kappa shape index (κ3) is 18.0. The van der Waals surface area contributed by atoms with E-state index in [0.717, 1.165) is 33.4 Å². The number of benzene rings is 6. The van der Waals surface area contributed by atoms with Crippen molar-refractivity contribution in [1.29, 1.82) is 15.8 Å². The zero-order valence-electron chi connectivity index (χ0n) is 44.3. The number of hydrogen-bond acceptors (Lipinski definition) is 15. The summed E-state index contributed by atoms with van der Waals surface area (Å²) in [5, 5.41) is 37.8. The largest absolute Gasteiger partial charge is 0.494 e. The Hall–Kier alpha value is -8.52. The quantitative estimate of drug-likeness (QED) is 0.0262. The normalized spacial score (nSPS) is 16.5. The highest BCUT2D eigenvalue weighted by molar-refractivity contribution is 5.72. The van der Waals surface area contributed by atoms with Gasteiger partial charge in [-0.15, -0.1) is 0 Å². The van der Waals surface area contributed by atoms with E-state index in [1.807, 2.05) is 109 Å². The van der Waals surface area contributed by atoms with Crippen molar-refractivity contribution in [2.24, 2.45) is 0 Å². The Morgan fingerprint density at radius 3 is 1.00 bits per heavy atom. The molecule has 15 nitrogen and oxygen atoms in total. The van der Waals surface area contributed by atoms with Gasteiger partial charge in [0, 0.05) is 26.4 Å². The Bertz CT molecular complexity index is 2840. The number of methoxy groups -OCH3 is 1. The van der Waals surface area contributed by atoms with Crippen molar-refractivity contribution in [3.8, 4) is 68.8 Å². The molecule has 79 heavy (non-hydrogen) atoms. The van der Waals surface area contributed by atoms with E-state index in [1.165, 1.54) is 7.11 Å². The van der Waals surface area contributed by atoms with E-state index in [0.29, 0.717) is 112 Å². The molecule has 5 atom stereocenters. The lowest BCUT2D eigenvalue weighted by atomic mass is 9.98. The number of unbranched alkanes of at least 4 members (excludes halogenated alkanes) is 6. The van der Waals surface area contributed by atoms with E-state index < -0.39 is 55.2 Å². The maximum atomic E-state index is 13.6. The fraction of sp³-hybridized carbons (Fsp3) is 0.344. The Kier molecular flexibility index (Phi) is 22.8. The summed E-state index contributed by atoms with van der Waals surface area (Å²) >= 11 is 0. The second-order valence-corrected chi connectivity index (χ2v) is 18.9. The first-order valence-corrected chi connectivity index (χ1v) is 26.7. The molecule has 1 aliphatic rings. The van der Waals surface area contributed by atoms with Gasteiger partial charge >= 0.3 is 17.9 Å². The molecule has 0 amide bonds. The fourth-order valence-electron chi connectivity index (χ4n) is 8.91. The molecule has 0 aromatic heterocycles. The number of aliphatic hydroxyl groups excluding tert-OH is 1. The lowest BCUT2D eigenvalue weighted by molar-refractivity contribution is -0.303. The van der Waals surface area contributed by atoms with Crippen LogP contribution in [0.3, 0.4) is 0 Å². The van der Waals surface area contributed by atoms with Crippen molar-refractivity contribution < 1.29 is 57.4 Å². The van der Waals surface area contributed by atoms with Crippen LogP contribution in [0.25, 0.3) is 33.4 Å². The van der Waals surface area contributed by atoms with Crippen LogP contribution in [0.1, 0.15) is 93.7 Å². The average molecular weight is 1070 g/mol. The molecule has 1 saturated heterocycles. The molecule has 7 rings (SSSR count). The Balaban J connectivity index is 0.887. The number of aliphatic hydroxyl groups is 1. The summed E-state index contributed by atoms with van der Waals surface area (Å²) in [6.45, 7) is 0.654. The molecule has 1 heterocycles. The van der Waals surface area contributed by atoms with Crippen molar-refractivity contribution in [2.75, 3.05) is 33.5 Å². The number of rotatable bonds is 29. The molecule has 0 saturated carbocycles. The van der Waals surface area contributed by atoms with Crippen LogP contribution in [0, 0.1) is 34.0 Å². The van der Waals surface area contributed by atoms with E-state index in [2.05, 4.69) is 18.2 Å². The van der Waals surface area contributed by atoms with Gasteiger partial charge in [0.15, 0.2) is 24.6 Å². The molecule has 1 aliphatic heterocycles. The van der Waals surface area contributed by atoms with Gasteiger partial charge in [-0.3, -0.25) is 14.4 Å². The van der Waals surface area contributed by atoms with Gasteiger partial charge in [0.25, 0.3) is 0 Å². The number of carbonyl (C=O) groups excluding carboxylic acids is 3. The Labute approximate surface area is 461 Å². The van der Waals surface area contributed by atoms with Gasteiger partial charge in [-0.2, -0.15) is 15.8 Å². The zero-order valence-corrected chi connectivity index (χ0v) is 44.3. The monoisotopic (exact) mass is 1070 g/mol. The first-order chi connectivity index (χ1) is 38.7. The van der Waals surface area contributed by atoms with E-state index in [1.54, 1.807) is 36.4 Å². The van der Waals surface area contributed by atoms with Crippen LogP contribution in [-0.2, 0) is 38.1 Å². The highest BCUT2D eigenvalue weighted by Gasteiger charge is 2.52. The van der Waals surface area contributed by atoms with Gasteiger partial charge in [0.1, 0.15) is 23.4 Å². The predicted octanol–water partition coefficient (Wildman–Crippen LogP) is 11.6. The maximum absolute atomic E-state index is 13.6. The second kappa shape index (κ2) is 31.0. The molecule has 0 radical (unpaired) electrons. The highest BCUT2D eigenvalue weighted by Crippen LogP contribution is 2.31. The van der Waals surface area contributed by atoms with Gasteiger partial charge in [-0.25, -0.2) is 0 Å². The van der Waals surface area contributed by atoms with Crippen LogP contribution in [0.4, 0.5) is 0 Å². The number of nitrogens with zero attached hydrogens (tertiary/aromatic N) is 3. The van der Waals surface area contributed by atoms with Gasteiger partial charge in [-0.05, 0) is 164 Å². The standard InChI is InChI=1S/C64H65N3O12/c1-72-64-63(79-60(71)13-7-4-10-40-75-56-36-30-53(31-37-56)50-24-18-47(43-67)19-25-50)62(78-59(70)12-6-3-9-39-74-55-34-28-52(29-35-55)49-22-16-46(42-66)17-23-49)61(57(44-68)76-64)77-58(69)11-5-2-8-38-73-54-32-26-51(27-33-54)48-20-14-45(41-65)15-21-48/h14-37,57,61-64,68H,2-13,38-40,44H2,1H3/t57-,61-,62+,63+,64+/m1/s1. The summed E-state index contributed by atoms with van der Waals surface area (Å²) < 4.78 is 47.4. The number of carbonyl (C=O) groups is 3. The van der Waals surface area contributed by atoms with E-state index in [4.69, 9.17) is 53.7 Å². The second-order valence-electron chi connectivity index (χ2n) is 18.9. The predicted molar refractivity (Wildman–Crippen MR) is 294 cm³/mol. The Morgan fingerprint density at radius 2 is 0.709 bits per heavy atom. The molecule has 0 bridgehead atoms. The molecule has 6 aromatic carbocycles. The van der Waals surface area contributed by atoms with Crippen LogP contribution in [0.2, 0.25) is 0 Å². The van der Waals surface area contributed by atoms with Gasteiger partial charge in [-0.1, -0.05) is 72.8 Å². The topological polar surface area (TPSA) is 217 Å². The molecule has 0 aliphatic carbocycles. The SMILES string of the molecule is CO[C@H]1O[C@H](CO)[C@@H](OC(=O)CCCCCOc2ccc(-c3ccc(C#N)cc3)cc2)[C@H](OC(=O)CCCCCOc2ccc(-c3ccc(C#N)cc3)cc2)[C@@H]1OC(=O)CCCCCOc1ccc(-c2ccc(C#N)cc2)cc1. The van der Waals surface area contributed by atoms with E-state index >= 15 is 0 Å². The van der Waals surface area contributed by atoms with Crippen LogP contribution >= 0.6 is 0 Å². The molecular formula is C64H65N3O12. The van der Waals surface area contributed by atoms with Crippen molar-refractivity contribution in [2.45, 2.75) is 108 Å². The van der Waals surface area contributed by atoms with Gasteiger partial charge in [0.2, 0.25) is 0 Å². The summed E-state index contributed by atoms with van der Waals surface area (Å²) in [7, 11) is 1.34. The number of ether oxygens (including phenoxy) is 8. The van der Waals surface area contributed by atoms with Crippen molar-refractivity contribution in [3.05, 3.63) is 162 Å². The summed E-state index contributed by atoms with van der Waals surface area (Å²) in [4.78, 5) is 40.6. The highest BCUT2D eigenvalue weighted by atomic mass is 16.7. The minimum absolute atomic E-state index is 0.00606. The first kappa shape index (κ1) is 58.2. The summed E-state index contributed by atoms with van der Waals surface area (Å²) in [5.74, 6) is 0.280. The zero-order chi connectivity index (χ0) is 55.6. The summed E-state index contributed by atoms with van der Waals surface area (Å²) in [5.41, 5.74) is 7.74. The Morgan fingerprint density at radius 1 is 0.418 bits per heavy atom. The van der Waals surface area contributed by atoms with Gasteiger partial charge in [0.05, 0.1) is 61.3 Å². The van der Waals surface area contributed by atoms with E-state index in [-0.39, 0.29) is 19.3 Å². The molecule has 0 spiro atoms. The van der Waals surface area contributed by atoms with Crippen LogP contribution in [-0.4, -0.2) is 87.3 Å². The van der Waals surface area contributed by atoms with Crippen LogP contribution in [0.15, 0.2) is 146 Å².